The van der Waals surface area contributed by atoms with Crippen molar-refractivity contribution in [3.8, 4) is 0 Å². The highest BCUT2D eigenvalue weighted by Crippen LogP contribution is 2.09. The van der Waals surface area contributed by atoms with Gasteiger partial charge < -0.3 is 5.32 Å². The minimum atomic E-state index is 0.823. The van der Waals surface area contributed by atoms with Crippen LogP contribution < -0.4 is 5.32 Å². The Morgan fingerprint density at radius 2 is 1.88 bits per heavy atom. The van der Waals surface area contributed by atoms with Crippen molar-refractivity contribution >= 4 is 0 Å². The molecule has 0 heterocycles. The molecule has 0 atom stereocenters. The zero-order valence-corrected chi connectivity index (χ0v) is 11.1. The van der Waals surface area contributed by atoms with Gasteiger partial charge in [-0.1, -0.05) is 32.0 Å². The van der Waals surface area contributed by atoms with Gasteiger partial charge in [0.15, 0.2) is 0 Å². The van der Waals surface area contributed by atoms with Crippen molar-refractivity contribution < 1.29 is 0 Å². The smallest absolute Gasteiger partial charge is 0.0205 e. The Labute approximate surface area is 100 Å². The van der Waals surface area contributed by atoms with Gasteiger partial charge in [-0.25, -0.2) is 0 Å². The van der Waals surface area contributed by atoms with Gasteiger partial charge in [0.1, 0.15) is 0 Å². The molecule has 0 radical (unpaired) electrons. The largest absolute Gasteiger partial charge is 0.313 e. The van der Waals surface area contributed by atoms with Crippen LogP contribution in [0.2, 0.25) is 0 Å². The monoisotopic (exact) mass is 219 g/mol. The lowest BCUT2D eigenvalue weighted by molar-refractivity contribution is 0.527. The van der Waals surface area contributed by atoms with Crippen LogP contribution in [0.5, 0.6) is 0 Å². The highest BCUT2D eigenvalue weighted by atomic mass is 14.8. The minimum absolute atomic E-state index is 0.823. The fraction of sp³-hybridized carbons (Fsp3) is 0.600. The van der Waals surface area contributed by atoms with Gasteiger partial charge in [0.25, 0.3) is 0 Å². The average molecular weight is 219 g/mol. The second kappa shape index (κ2) is 6.70. The van der Waals surface area contributed by atoms with E-state index in [0.717, 1.165) is 19.0 Å². The van der Waals surface area contributed by atoms with Crippen molar-refractivity contribution in [3.05, 3.63) is 34.9 Å². The van der Waals surface area contributed by atoms with Crippen LogP contribution in [0.3, 0.4) is 0 Å². The number of aryl methyl sites for hydroxylation is 2. The molecule has 0 amide bonds. The van der Waals surface area contributed by atoms with Crippen molar-refractivity contribution in [2.45, 2.75) is 47.1 Å². The van der Waals surface area contributed by atoms with Gasteiger partial charge in [-0.3, -0.25) is 0 Å². The number of hydrogen-bond donors (Lipinski definition) is 1. The second-order valence-electron chi connectivity index (χ2n) is 5.13. The molecule has 0 fully saturated rings. The van der Waals surface area contributed by atoms with Crippen LogP contribution in [0.1, 0.15) is 43.4 Å². The lowest BCUT2D eigenvalue weighted by Crippen LogP contribution is -2.15. The summed E-state index contributed by atoms with van der Waals surface area (Å²) in [7, 11) is 0. The van der Waals surface area contributed by atoms with Crippen LogP contribution in [0, 0.1) is 19.8 Å². The Morgan fingerprint density at radius 1 is 1.12 bits per heavy atom. The van der Waals surface area contributed by atoms with Crippen LogP contribution in [0.4, 0.5) is 0 Å². The third-order valence-electron chi connectivity index (χ3n) is 3.04. The maximum atomic E-state index is 3.50. The van der Waals surface area contributed by atoms with Gasteiger partial charge in [0, 0.05) is 6.54 Å². The third kappa shape index (κ3) is 4.80. The summed E-state index contributed by atoms with van der Waals surface area (Å²) in [4.78, 5) is 0. The Bertz CT molecular complexity index is 315. The summed E-state index contributed by atoms with van der Waals surface area (Å²) in [6.45, 7) is 11.0. The summed E-state index contributed by atoms with van der Waals surface area (Å²) in [6, 6.07) is 6.71. The van der Waals surface area contributed by atoms with E-state index in [4.69, 9.17) is 0 Å². The molecule has 0 saturated heterocycles. The van der Waals surface area contributed by atoms with Gasteiger partial charge in [0.2, 0.25) is 0 Å². The first-order valence-corrected chi connectivity index (χ1v) is 6.36. The van der Waals surface area contributed by atoms with Crippen LogP contribution in [-0.4, -0.2) is 6.54 Å². The minimum Gasteiger partial charge on any atom is -0.313 e. The second-order valence-corrected chi connectivity index (χ2v) is 5.13. The van der Waals surface area contributed by atoms with Gasteiger partial charge in [-0.05, 0) is 55.8 Å². The van der Waals surface area contributed by atoms with Crippen LogP contribution >= 0.6 is 0 Å². The van der Waals surface area contributed by atoms with Crippen molar-refractivity contribution in [3.63, 3.8) is 0 Å². The van der Waals surface area contributed by atoms with E-state index >= 15 is 0 Å². The molecule has 0 spiro atoms. The zero-order valence-electron chi connectivity index (χ0n) is 11.1. The predicted octanol–water partition coefficient (Wildman–Crippen LogP) is 3.83. The molecule has 16 heavy (non-hydrogen) atoms. The average Bonchev–Trinajstić information content (AvgIpc) is 2.22. The fourth-order valence-corrected chi connectivity index (χ4v) is 1.78. The number of hydrogen-bond acceptors (Lipinski definition) is 1. The van der Waals surface area contributed by atoms with Crippen LogP contribution in [-0.2, 0) is 6.54 Å². The molecule has 1 aromatic carbocycles. The van der Waals surface area contributed by atoms with E-state index in [0.29, 0.717) is 0 Å². The van der Waals surface area contributed by atoms with E-state index in [2.05, 4.69) is 51.2 Å². The summed E-state index contributed by atoms with van der Waals surface area (Å²) >= 11 is 0. The molecule has 0 aliphatic heterocycles. The number of benzene rings is 1. The first kappa shape index (κ1) is 13.2. The molecule has 1 nitrogen and oxygen atoms in total. The maximum absolute atomic E-state index is 3.50. The van der Waals surface area contributed by atoms with Crippen LogP contribution in [0.15, 0.2) is 18.2 Å². The zero-order chi connectivity index (χ0) is 12.0. The Morgan fingerprint density at radius 3 is 2.50 bits per heavy atom. The van der Waals surface area contributed by atoms with Gasteiger partial charge in [-0.15, -0.1) is 0 Å². The van der Waals surface area contributed by atoms with E-state index in [1.54, 1.807) is 0 Å². The summed E-state index contributed by atoms with van der Waals surface area (Å²) in [5, 5.41) is 3.50. The van der Waals surface area contributed by atoms with E-state index in [9.17, 15) is 0 Å². The maximum Gasteiger partial charge on any atom is 0.0205 e. The van der Waals surface area contributed by atoms with E-state index in [1.807, 2.05) is 0 Å². The lowest BCUT2D eigenvalue weighted by atomic mass is 10.1. The lowest BCUT2D eigenvalue weighted by Gasteiger charge is -2.08. The molecular formula is C15H25N. The van der Waals surface area contributed by atoms with Crippen molar-refractivity contribution in [2.24, 2.45) is 5.92 Å². The molecule has 0 bridgehead atoms. The standard InChI is InChI=1S/C15H25N/c1-12(2)6-5-9-16-11-15-8-7-13(3)14(4)10-15/h7-8,10,12,16H,5-6,9,11H2,1-4H3. The van der Waals surface area contributed by atoms with Gasteiger partial charge >= 0.3 is 0 Å². The van der Waals surface area contributed by atoms with E-state index in [1.165, 1.54) is 29.5 Å². The highest BCUT2D eigenvalue weighted by Gasteiger charge is 1.97. The van der Waals surface area contributed by atoms with E-state index in [-0.39, 0.29) is 0 Å². The van der Waals surface area contributed by atoms with E-state index < -0.39 is 0 Å². The summed E-state index contributed by atoms with van der Waals surface area (Å²) in [5.74, 6) is 0.823. The summed E-state index contributed by atoms with van der Waals surface area (Å²) in [5.41, 5.74) is 4.16. The Balaban J connectivity index is 2.24. The molecule has 1 N–H and O–H groups in total. The molecule has 0 unspecified atom stereocenters. The summed E-state index contributed by atoms with van der Waals surface area (Å²) < 4.78 is 0. The highest BCUT2D eigenvalue weighted by molar-refractivity contribution is 5.29. The summed E-state index contributed by atoms with van der Waals surface area (Å²) in [6.07, 6.45) is 2.60. The molecule has 1 heteroatoms. The number of nitrogens with one attached hydrogen (secondary N) is 1. The van der Waals surface area contributed by atoms with Gasteiger partial charge in [-0.2, -0.15) is 0 Å². The van der Waals surface area contributed by atoms with Crippen molar-refractivity contribution in [1.29, 1.82) is 0 Å². The fourth-order valence-electron chi connectivity index (χ4n) is 1.78. The first-order chi connectivity index (χ1) is 7.59. The third-order valence-corrected chi connectivity index (χ3v) is 3.04. The topological polar surface area (TPSA) is 12.0 Å². The Kier molecular flexibility index (Phi) is 5.54. The first-order valence-electron chi connectivity index (χ1n) is 6.36. The molecule has 0 aliphatic carbocycles. The van der Waals surface area contributed by atoms with Crippen molar-refractivity contribution in [1.82, 2.24) is 5.32 Å². The number of rotatable bonds is 6. The predicted molar refractivity (Wildman–Crippen MR) is 71.7 cm³/mol. The quantitative estimate of drug-likeness (QED) is 0.717. The Hall–Kier alpha value is -0.820. The molecule has 0 saturated carbocycles. The molecule has 0 aliphatic rings. The van der Waals surface area contributed by atoms with Crippen LogP contribution in [0.25, 0.3) is 0 Å². The molecule has 1 rings (SSSR count). The molecule has 0 aromatic heterocycles. The van der Waals surface area contributed by atoms with Gasteiger partial charge in [0.05, 0.1) is 0 Å². The molecular weight excluding hydrogens is 194 g/mol. The molecule has 1 aromatic rings. The molecule has 90 valence electrons. The van der Waals surface area contributed by atoms with Crippen molar-refractivity contribution in [2.75, 3.05) is 6.54 Å². The normalized spacial score (nSPS) is 11.1. The SMILES string of the molecule is Cc1ccc(CNCCCC(C)C)cc1C.